The van der Waals surface area contributed by atoms with Crippen LogP contribution in [-0.4, -0.2) is 24.3 Å². The van der Waals surface area contributed by atoms with Gasteiger partial charge in [0.2, 0.25) is 10.0 Å². The van der Waals surface area contributed by atoms with Crippen LogP contribution in [0.1, 0.15) is 12.2 Å². The van der Waals surface area contributed by atoms with Gasteiger partial charge in [0, 0.05) is 25.4 Å². The molecule has 2 aromatic heterocycles. The zero-order chi connectivity index (χ0) is 15.3. The number of hydrogen-bond acceptors (Lipinski definition) is 5. The van der Waals surface area contributed by atoms with Gasteiger partial charge < -0.3 is 4.42 Å². The van der Waals surface area contributed by atoms with E-state index in [0.29, 0.717) is 5.76 Å². The van der Waals surface area contributed by atoms with Crippen LogP contribution in [0.4, 0.5) is 0 Å². The van der Waals surface area contributed by atoms with Gasteiger partial charge in [0.25, 0.3) is 0 Å². The summed E-state index contributed by atoms with van der Waals surface area (Å²) in [7, 11) is -3.85. The highest BCUT2D eigenvalue weighted by molar-refractivity contribution is 7.89. The minimum Gasteiger partial charge on any atom is -0.468 e. The van der Waals surface area contributed by atoms with E-state index < -0.39 is 10.0 Å². The molecule has 0 bridgehead atoms. The van der Waals surface area contributed by atoms with Crippen molar-refractivity contribution in [2.24, 2.45) is 0 Å². The molecule has 0 aliphatic heterocycles. The summed E-state index contributed by atoms with van der Waals surface area (Å²) in [6, 6.07) is 6.67. The fourth-order valence-electron chi connectivity index (χ4n) is 1.73. The number of pyridine rings is 1. The van der Waals surface area contributed by atoms with Crippen LogP contribution >= 0.6 is 11.6 Å². The first kappa shape index (κ1) is 15.5. The quantitative estimate of drug-likeness (QED) is 0.814. The third kappa shape index (κ3) is 3.61. The molecule has 0 atom stereocenters. The van der Waals surface area contributed by atoms with Crippen LogP contribution in [0.2, 0.25) is 5.02 Å². The van der Waals surface area contributed by atoms with Crippen LogP contribution < -0.4 is 0 Å². The zero-order valence-electron chi connectivity index (χ0n) is 10.9. The van der Waals surface area contributed by atoms with Crippen molar-refractivity contribution in [3.8, 4) is 6.07 Å². The van der Waals surface area contributed by atoms with Crippen molar-refractivity contribution in [3.63, 3.8) is 0 Å². The molecule has 110 valence electrons. The lowest BCUT2D eigenvalue weighted by Crippen LogP contribution is -2.31. The van der Waals surface area contributed by atoms with Crippen LogP contribution in [0.3, 0.4) is 0 Å². The topological polar surface area (TPSA) is 87.2 Å². The van der Waals surface area contributed by atoms with Crippen LogP contribution in [0, 0.1) is 11.3 Å². The smallest absolute Gasteiger partial charge is 0.246 e. The summed E-state index contributed by atoms with van der Waals surface area (Å²) in [5, 5.41) is 8.79. The largest absolute Gasteiger partial charge is 0.468 e. The Bertz CT molecular complexity index is 738. The highest BCUT2D eigenvalue weighted by Gasteiger charge is 2.27. The normalized spacial score (nSPS) is 11.5. The van der Waals surface area contributed by atoms with E-state index in [2.05, 4.69) is 4.98 Å². The van der Waals surface area contributed by atoms with E-state index in [0.717, 1.165) is 4.31 Å². The number of rotatable bonds is 6. The third-order valence-electron chi connectivity index (χ3n) is 2.74. The number of nitrogens with zero attached hydrogens (tertiary/aromatic N) is 3. The third-order valence-corrected chi connectivity index (χ3v) is 5.05. The average Bonchev–Trinajstić information content (AvgIpc) is 2.96. The molecule has 2 aromatic rings. The van der Waals surface area contributed by atoms with E-state index in [-0.39, 0.29) is 29.4 Å². The van der Waals surface area contributed by atoms with Crippen molar-refractivity contribution in [1.29, 1.82) is 5.26 Å². The van der Waals surface area contributed by atoms with Gasteiger partial charge in [0.15, 0.2) is 0 Å². The predicted octanol–water partition coefficient (Wildman–Crippen LogP) is 2.43. The molecule has 0 N–H and O–H groups in total. The first-order valence-electron chi connectivity index (χ1n) is 6.04. The van der Waals surface area contributed by atoms with Gasteiger partial charge in [0.05, 0.1) is 23.9 Å². The molecule has 0 fully saturated rings. The molecule has 2 heterocycles. The first-order valence-corrected chi connectivity index (χ1v) is 7.86. The maximum atomic E-state index is 12.6. The summed E-state index contributed by atoms with van der Waals surface area (Å²) in [6.07, 6.45) is 4.13. The fourth-order valence-corrected chi connectivity index (χ4v) is 3.54. The molecule has 0 aliphatic carbocycles. The molecule has 0 aliphatic rings. The molecular formula is C13H12ClN3O3S. The number of aromatic nitrogens is 1. The zero-order valence-corrected chi connectivity index (χ0v) is 12.5. The van der Waals surface area contributed by atoms with Gasteiger partial charge >= 0.3 is 0 Å². The Morgan fingerprint density at radius 3 is 2.86 bits per heavy atom. The second-order valence-electron chi connectivity index (χ2n) is 4.13. The molecule has 6 nitrogen and oxygen atoms in total. The van der Waals surface area contributed by atoms with Gasteiger partial charge in [-0.15, -0.1) is 0 Å². The Labute approximate surface area is 127 Å². The molecule has 0 spiro atoms. The SMILES string of the molecule is N#CCCN(Cc1ccco1)S(=O)(=O)c1cnccc1Cl. The fraction of sp³-hybridized carbons (Fsp3) is 0.231. The summed E-state index contributed by atoms with van der Waals surface area (Å²) in [6.45, 7) is 0.0764. The molecule has 0 amide bonds. The van der Waals surface area contributed by atoms with E-state index >= 15 is 0 Å². The minimum absolute atomic E-state index is 0.0300. The summed E-state index contributed by atoms with van der Waals surface area (Å²) in [5.41, 5.74) is 0. The summed E-state index contributed by atoms with van der Waals surface area (Å²) in [5.74, 6) is 0.483. The van der Waals surface area contributed by atoms with Gasteiger partial charge in [0.1, 0.15) is 10.7 Å². The maximum Gasteiger partial charge on any atom is 0.246 e. The van der Waals surface area contributed by atoms with E-state index in [1.165, 1.54) is 24.7 Å². The van der Waals surface area contributed by atoms with Crippen molar-refractivity contribution in [2.75, 3.05) is 6.54 Å². The molecular weight excluding hydrogens is 314 g/mol. The number of halogens is 1. The maximum absolute atomic E-state index is 12.6. The van der Waals surface area contributed by atoms with Crippen molar-refractivity contribution >= 4 is 21.6 Å². The predicted molar refractivity (Wildman–Crippen MR) is 75.8 cm³/mol. The van der Waals surface area contributed by atoms with Crippen molar-refractivity contribution in [2.45, 2.75) is 17.9 Å². The van der Waals surface area contributed by atoms with Crippen molar-refractivity contribution < 1.29 is 12.8 Å². The Hall–Kier alpha value is -1.88. The van der Waals surface area contributed by atoms with Crippen molar-refractivity contribution in [1.82, 2.24) is 9.29 Å². The Morgan fingerprint density at radius 2 is 2.24 bits per heavy atom. The lowest BCUT2D eigenvalue weighted by molar-refractivity contribution is 0.368. The van der Waals surface area contributed by atoms with E-state index in [9.17, 15) is 8.42 Å². The molecule has 0 radical (unpaired) electrons. The van der Waals surface area contributed by atoms with Gasteiger partial charge in [-0.3, -0.25) is 4.98 Å². The van der Waals surface area contributed by atoms with E-state index in [1.54, 1.807) is 12.1 Å². The van der Waals surface area contributed by atoms with Gasteiger partial charge in [-0.2, -0.15) is 9.57 Å². The molecule has 2 rings (SSSR count). The number of furan rings is 1. The Kier molecular flexibility index (Phi) is 4.96. The summed E-state index contributed by atoms with van der Waals surface area (Å²) < 4.78 is 31.6. The lowest BCUT2D eigenvalue weighted by Gasteiger charge is -2.20. The second-order valence-corrected chi connectivity index (χ2v) is 6.45. The average molecular weight is 326 g/mol. The number of hydrogen-bond donors (Lipinski definition) is 0. The van der Waals surface area contributed by atoms with E-state index in [4.69, 9.17) is 21.3 Å². The number of sulfonamides is 1. The molecule has 21 heavy (non-hydrogen) atoms. The van der Waals surface area contributed by atoms with Gasteiger partial charge in [-0.25, -0.2) is 8.42 Å². The van der Waals surface area contributed by atoms with Crippen LogP contribution in [0.5, 0.6) is 0 Å². The molecule has 0 aromatic carbocycles. The number of nitriles is 1. The Balaban J connectivity index is 2.35. The summed E-state index contributed by atoms with van der Waals surface area (Å²) in [4.78, 5) is 3.71. The van der Waals surface area contributed by atoms with E-state index in [1.807, 2.05) is 6.07 Å². The van der Waals surface area contributed by atoms with Gasteiger partial charge in [-0.1, -0.05) is 11.6 Å². The standard InChI is InChI=1S/C13H12ClN3O3S/c14-12-4-6-16-9-13(12)21(18,19)17(7-2-5-15)10-11-3-1-8-20-11/h1,3-4,6,8-9H,2,7,10H2. The lowest BCUT2D eigenvalue weighted by atomic mass is 10.4. The van der Waals surface area contributed by atoms with Crippen LogP contribution in [0.15, 0.2) is 46.2 Å². The second kappa shape index (κ2) is 6.72. The molecule has 8 heteroatoms. The van der Waals surface area contributed by atoms with Crippen molar-refractivity contribution in [3.05, 3.63) is 47.6 Å². The Morgan fingerprint density at radius 1 is 1.43 bits per heavy atom. The van der Waals surface area contributed by atoms with Gasteiger partial charge in [-0.05, 0) is 18.2 Å². The van der Waals surface area contributed by atoms with Crippen LogP contribution in [-0.2, 0) is 16.6 Å². The minimum atomic E-state index is -3.85. The summed E-state index contributed by atoms with van der Waals surface area (Å²) >= 11 is 5.93. The monoisotopic (exact) mass is 325 g/mol. The molecule has 0 saturated heterocycles. The van der Waals surface area contributed by atoms with Crippen LogP contribution in [0.25, 0.3) is 0 Å². The molecule has 0 saturated carbocycles. The first-order chi connectivity index (χ1) is 10.1. The molecule has 0 unspecified atom stereocenters. The highest BCUT2D eigenvalue weighted by Crippen LogP contribution is 2.24. The highest BCUT2D eigenvalue weighted by atomic mass is 35.5.